The minimum atomic E-state index is -3.96. The molecular formula is C18H20FNO4S. The van der Waals surface area contributed by atoms with Gasteiger partial charge in [-0.3, -0.25) is 0 Å². The molecule has 25 heavy (non-hydrogen) atoms. The van der Waals surface area contributed by atoms with Crippen molar-refractivity contribution in [2.45, 2.75) is 23.3 Å². The fourth-order valence-corrected chi connectivity index (χ4v) is 3.95. The average molecular weight is 365 g/mol. The van der Waals surface area contributed by atoms with Crippen LogP contribution < -0.4 is 9.46 Å². The van der Waals surface area contributed by atoms with E-state index in [9.17, 15) is 17.9 Å². The van der Waals surface area contributed by atoms with Crippen molar-refractivity contribution in [1.82, 2.24) is 4.72 Å². The van der Waals surface area contributed by atoms with E-state index in [1.807, 2.05) is 6.07 Å². The fraction of sp³-hybridized carbons (Fsp3) is 0.333. The van der Waals surface area contributed by atoms with Crippen LogP contribution in [0.4, 0.5) is 4.39 Å². The molecule has 1 atom stereocenters. The summed E-state index contributed by atoms with van der Waals surface area (Å²) in [4.78, 5) is -0.211. The van der Waals surface area contributed by atoms with Gasteiger partial charge in [0, 0.05) is 6.54 Å². The van der Waals surface area contributed by atoms with Gasteiger partial charge in [-0.1, -0.05) is 30.3 Å². The SMILES string of the molecule is COc1ccc(S(=O)(=O)NCC(O)(c2ccccc2)C2CC2)cc1F. The van der Waals surface area contributed by atoms with Crippen LogP contribution in [0.15, 0.2) is 53.4 Å². The van der Waals surface area contributed by atoms with E-state index < -0.39 is 21.4 Å². The van der Waals surface area contributed by atoms with Crippen LogP contribution >= 0.6 is 0 Å². The summed E-state index contributed by atoms with van der Waals surface area (Å²) in [6.07, 6.45) is 1.68. The number of nitrogens with one attached hydrogen (secondary N) is 1. The van der Waals surface area contributed by atoms with E-state index in [2.05, 4.69) is 4.72 Å². The van der Waals surface area contributed by atoms with Crippen LogP contribution in [0.3, 0.4) is 0 Å². The van der Waals surface area contributed by atoms with Crippen LogP contribution in [0.5, 0.6) is 5.75 Å². The van der Waals surface area contributed by atoms with Crippen molar-refractivity contribution in [3.63, 3.8) is 0 Å². The molecule has 1 saturated carbocycles. The molecule has 1 aliphatic rings. The van der Waals surface area contributed by atoms with Gasteiger partial charge in [-0.25, -0.2) is 17.5 Å². The summed E-state index contributed by atoms with van der Waals surface area (Å²) in [5, 5.41) is 11.0. The fourth-order valence-electron chi connectivity index (χ4n) is 2.87. The number of halogens is 1. The molecule has 0 aliphatic heterocycles. The van der Waals surface area contributed by atoms with Gasteiger partial charge in [-0.05, 0) is 42.5 Å². The van der Waals surface area contributed by atoms with Crippen molar-refractivity contribution in [2.75, 3.05) is 13.7 Å². The molecule has 134 valence electrons. The van der Waals surface area contributed by atoms with Crippen LogP contribution in [0.25, 0.3) is 0 Å². The second-order valence-electron chi connectivity index (χ2n) is 6.19. The van der Waals surface area contributed by atoms with Gasteiger partial charge >= 0.3 is 0 Å². The lowest BCUT2D eigenvalue weighted by Gasteiger charge is -2.29. The number of aliphatic hydroxyl groups is 1. The largest absolute Gasteiger partial charge is 0.494 e. The highest BCUT2D eigenvalue weighted by molar-refractivity contribution is 7.89. The van der Waals surface area contributed by atoms with Crippen LogP contribution in [-0.4, -0.2) is 27.2 Å². The number of sulfonamides is 1. The van der Waals surface area contributed by atoms with Crippen molar-refractivity contribution < 1.29 is 22.7 Å². The monoisotopic (exact) mass is 365 g/mol. The van der Waals surface area contributed by atoms with E-state index in [4.69, 9.17) is 4.74 Å². The molecule has 2 aromatic carbocycles. The summed E-state index contributed by atoms with van der Waals surface area (Å²) in [7, 11) is -2.65. The normalized spacial score (nSPS) is 17.1. The molecule has 5 nitrogen and oxygen atoms in total. The molecule has 2 N–H and O–H groups in total. The summed E-state index contributed by atoms with van der Waals surface area (Å²) in [5.74, 6) is -0.784. The first-order valence-corrected chi connectivity index (χ1v) is 9.46. The standard InChI is InChI=1S/C18H20FNO4S/c1-24-17-10-9-15(11-16(17)19)25(22,23)20-12-18(21,14-7-8-14)13-5-3-2-4-6-13/h2-6,9-11,14,20-21H,7-8,12H2,1H3. The minimum absolute atomic E-state index is 0.00482. The summed E-state index contributed by atoms with van der Waals surface area (Å²) >= 11 is 0. The highest BCUT2D eigenvalue weighted by atomic mass is 32.2. The number of benzene rings is 2. The summed E-state index contributed by atoms with van der Waals surface area (Å²) in [6.45, 7) is -0.169. The predicted molar refractivity (Wildman–Crippen MR) is 91.2 cm³/mol. The maximum absolute atomic E-state index is 13.8. The summed E-state index contributed by atoms with van der Waals surface area (Å²) in [5.41, 5.74) is -0.611. The van der Waals surface area contributed by atoms with Crippen LogP contribution in [0, 0.1) is 11.7 Å². The molecule has 0 amide bonds. The van der Waals surface area contributed by atoms with Crippen LogP contribution in [0.2, 0.25) is 0 Å². The Morgan fingerprint density at radius 3 is 2.48 bits per heavy atom. The van der Waals surface area contributed by atoms with Gasteiger partial charge in [0.1, 0.15) is 5.60 Å². The third kappa shape index (κ3) is 3.68. The van der Waals surface area contributed by atoms with Crippen molar-refractivity contribution in [3.05, 3.63) is 59.9 Å². The third-order valence-corrected chi connectivity index (χ3v) is 5.89. The second kappa shape index (κ2) is 6.74. The van der Waals surface area contributed by atoms with E-state index in [1.165, 1.54) is 19.2 Å². The van der Waals surface area contributed by atoms with Gasteiger partial charge in [-0.15, -0.1) is 0 Å². The number of methoxy groups -OCH3 is 1. The third-order valence-electron chi connectivity index (χ3n) is 4.49. The molecule has 0 saturated heterocycles. The molecule has 7 heteroatoms. The van der Waals surface area contributed by atoms with Crippen molar-refractivity contribution in [3.8, 4) is 5.75 Å². The minimum Gasteiger partial charge on any atom is -0.494 e. The molecule has 0 radical (unpaired) electrons. The zero-order valence-electron chi connectivity index (χ0n) is 13.8. The predicted octanol–water partition coefficient (Wildman–Crippen LogP) is 2.41. The maximum atomic E-state index is 13.8. The Morgan fingerprint density at radius 2 is 1.92 bits per heavy atom. The molecule has 0 spiro atoms. The number of rotatable bonds is 7. The lowest BCUT2D eigenvalue weighted by molar-refractivity contribution is 0.0185. The zero-order valence-corrected chi connectivity index (χ0v) is 14.6. The van der Waals surface area contributed by atoms with E-state index >= 15 is 0 Å². The van der Waals surface area contributed by atoms with Gasteiger partial charge in [0.2, 0.25) is 10.0 Å². The Labute approximate surface area is 146 Å². The molecule has 0 heterocycles. The second-order valence-corrected chi connectivity index (χ2v) is 7.95. The first-order valence-electron chi connectivity index (χ1n) is 7.98. The lowest BCUT2D eigenvalue weighted by atomic mass is 9.89. The van der Waals surface area contributed by atoms with E-state index in [0.717, 1.165) is 18.9 Å². The Hall–Kier alpha value is -1.96. The summed E-state index contributed by atoms with van der Waals surface area (Å²) < 4.78 is 46.0. The number of ether oxygens (including phenoxy) is 1. The van der Waals surface area contributed by atoms with Crippen molar-refractivity contribution in [1.29, 1.82) is 0 Å². The first kappa shape index (κ1) is 17.8. The average Bonchev–Trinajstić information content (AvgIpc) is 3.46. The smallest absolute Gasteiger partial charge is 0.240 e. The Bertz CT molecular complexity index is 853. The van der Waals surface area contributed by atoms with E-state index in [-0.39, 0.29) is 23.1 Å². The molecule has 2 aromatic rings. The van der Waals surface area contributed by atoms with Gasteiger partial charge in [0.15, 0.2) is 11.6 Å². The molecular weight excluding hydrogens is 345 g/mol. The molecule has 0 bridgehead atoms. The highest BCUT2D eigenvalue weighted by Crippen LogP contribution is 2.45. The highest BCUT2D eigenvalue weighted by Gasteiger charge is 2.45. The van der Waals surface area contributed by atoms with Crippen molar-refractivity contribution >= 4 is 10.0 Å². The molecule has 1 unspecified atom stereocenters. The van der Waals surface area contributed by atoms with Crippen LogP contribution in [-0.2, 0) is 15.6 Å². The molecule has 1 aliphatic carbocycles. The first-order chi connectivity index (χ1) is 11.9. The summed E-state index contributed by atoms with van der Waals surface area (Å²) in [6, 6.07) is 12.4. The zero-order chi connectivity index (χ0) is 18.1. The van der Waals surface area contributed by atoms with E-state index in [1.54, 1.807) is 24.3 Å². The van der Waals surface area contributed by atoms with Crippen molar-refractivity contribution in [2.24, 2.45) is 5.92 Å². The molecule has 1 fully saturated rings. The maximum Gasteiger partial charge on any atom is 0.240 e. The van der Waals surface area contributed by atoms with Gasteiger partial charge in [-0.2, -0.15) is 0 Å². The lowest BCUT2D eigenvalue weighted by Crippen LogP contribution is -2.42. The van der Waals surface area contributed by atoms with Gasteiger partial charge in [0.05, 0.1) is 12.0 Å². The van der Waals surface area contributed by atoms with Gasteiger partial charge in [0.25, 0.3) is 0 Å². The number of hydrogen-bond donors (Lipinski definition) is 2. The Balaban J connectivity index is 1.82. The topological polar surface area (TPSA) is 75.6 Å². The quantitative estimate of drug-likeness (QED) is 0.790. The Kier molecular flexibility index (Phi) is 4.81. The van der Waals surface area contributed by atoms with E-state index in [0.29, 0.717) is 5.56 Å². The molecule has 3 rings (SSSR count). The van der Waals surface area contributed by atoms with Crippen LogP contribution in [0.1, 0.15) is 18.4 Å². The molecule has 0 aromatic heterocycles. The number of hydrogen-bond acceptors (Lipinski definition) is 4. The van der Waals surface area contributed by atoms with Gasteiger partial charge < -0.3 is 9.84 Å². The Morgan fingerprint density at radius 1 is 1.24 bits per heavy atom.